The number of carbonyl (C=O) groups excluding carboxylic acids is 1. The lowest BCUT2D eigenvalue weighted by Crippen LogP contribution is -2.38. The van der Waals surface area contributed by atoms with Crippen molar-refractivity contribution in [3.05, 3.63) is 27.7 Å². The summed E-state index contributed by atoms with van der Waals surface area (Å²) >= 11 is 11.7. The fourth-order valence-corrected chi connectivity index (χ4v) is 1.77. The van der Waals surface area contributed by atoms with Crippen molar-refractivity contribution in [3.8, 4) is 0 Å². The molecule has 0 aliphatic heterocycles. The van der Waals surface area contributed by atoms with Crippen LogP contribution in [0.3, 0.4) is 0 Å². The molecule has 5 nitrogen and oxygen atoms in total. The minimum Gasteiger partial charge on any atom is -0.370 e. The van der Waals surface area contributed by atoms with Crippen molar-refractivity contribution >= 4 is 53.3 Å². The van der Waals surface area contributed by atoms with E-state index in [0.717, 1.165) is 5.56 Å². The molecule has 0 spiro atoms. The summed E-state index contributed by atoms with van der Waals surface area (Å²) in [6.07, 6.45) is 0. The van der Waals surface area contributed by atoms with Crippen LogP contribution in [0.4, 0.5) is 10.5 Å². The molecule has 1 aromatic carbocycles. The Balaban J connectivity index is 0.00000256. The average molecular weight is 298 g/mol. The van der Waals surface area contributed by atoms with Crippen molar-refractivity contribution in [2.75, 3.05) is 5.32 Å². The van der Waals surface area contributed by atoms with E-state index in [-0.39, 0.29) is 12.4 Å². The lowest BCUT2D eigenvalue weighted by atomic mass is 10.2. The fourth-order valence-electron chi connectivity index (χ4n) is 1.13. The molecule has 0 atom stereocenters. The molecule has 1 aromatic rings. The van der Waals surface area contributed by atoms with Crippen LogP contribution in [-0.2, 0) is 0 Å². The zero-order valence-electron chi connectivity index (χ0n) is 8.80. The van der Waals surface area contributed by atoms with Crippen molar-refractivity contribution in [3.63, 3.8) is 0 Å². The Kier molecular flexibility index (Phi) is 6.09. The van der Waals surface area contributed by atoms with Gasteiger partial charge in [-0.2, -0.15) is 0 Å². The zero-order chi connectivity index (χ0) is 12.3. The second-order valence-electron chi connectivity index (χ2n) is 3.07. The van der Waals surface area contributed by atoms with Crippen LogP contribution in [0.5, 0.6) is 0 Å². The summed E-state index contributed by atoms with van der Waals surface area (Å²) in [6.45, 7) is 1.75. The Morgan fingerprint density at radius 3 is 2.47 bits per heavy atom. The number of nitrogens with one attached hydrogen (secondary N) is 3. The van der Waals surface area contributed by atoms with E-state index >= 15 is 0 Å². The van der Waals surface area contributed by atoms with Crippen LogP contribution in [0.15, 0.2) is 12.1 Å². The highest BCUT2D eigenvalue weighted by Crippen LogP contribution is 2.29. The average Bonchev–Trinajstić information content (AvgIpc) is 2.09. The Morgan fingerprint density at radius 1 is 1.41 bits per heavy atom. The Bertz CT molecular complexity index is 427. The normalized spacial score (nSPS) is 9.12. The van der Waals surface area contributed by atoms with E-state index in [2.05, 4.69) is 10.6 Å². The van der Waals surface area contributed by atoms with Crippen LogP contribution < -0.4 is 16.4 Å². The van der Waals surface area contributed by atoms with Crippen LogP contribution in [0.1, 0.15) is 5.56 Å². The standard InChI is InChI=1S/C9H10Cl2N4O.ClH/c1-4-2-5(10)3-6(11)7(4)14-9(16)15-8(12)13;/h2-3H,1H3,(H5,12,13,14,15,16);1H. The fraction of sp³-hybridized carbons (Fsp3) is 0.111. The number of guanidine groups is 1. The molecule has 94 valence electrons. The first-order valence-corrected chi connectivity index (χ1v) is 5.03. The van der Waals surface area contributed by atoms with Gasteiger partial charge in [-0.1, -0.05) is 23.2 Å². The van der Waals surface area contributed by atoms with Gasteiger partial charge in [0, 0.05) is 5.02 Å². The van der Waals surface area contributed by atoms with E-state index in [4.69, 9.17) is 34.3 Å². The molecule has 0 heterocycles. The number of benzene rings is 1. The highest BCUT2D eigenvalue weighted by atomic mass is 35.5. The molecule has 0 unspecified atom stereocenters. The molecule has 0 aromatic heterocycles. The number of hydrogen-bond acceptors (Lipinski definition) is 2. The van der Waals surface area contributed by atoms with Crippen LogP contribution in [0.25, 0.3) is 0 Å². The number of urea groups is 1. The molecule has 0 radical (unpaired) electrons. The molecule has 0 aliphatic rings. The van der Waals surface area contributed by atoms with Gasteiger partial charge in [-0.15, -0.1) is 12.4 Å². The lowest BCUT2D eigenvalue weighted by Gasteiger charge is -2.11. The molecule has 2 amide bonds. The maximum atomic E-state index is 11.3. The molecule has 8 heteroatoms. The number of anilines is 1. The summed E-state index contributed by atoms with van der Waals surface area (Å²) in [7, 11) is 0. The molecule has 0 fully saturated rings. The molecule has 5 N–H and O–H groups in total. The van der Waals surface area contributed by atoms with Crippen molar-refractivity contribution in [1.29, 1.82) is 5.41 Å². The third kappa shape index (κ3) is 4.68. The first kappa shape index (κ1) is 15.8. The quantitative estimate of drug-likeness (QED) is 0.474. The molecule has 0 saturated carbocycles. The van der Waals surface area contributed by atoms with Crippen molar-refractivity contribution in [2.45, 2.75) is 6.92 Å². The van der Waals surface area contributed by atoms with Gasteiger partial charge in [-0.05, 0) is 24.6 Å². The third-order valence-corrected chi connectivity index (χ3v) is 2.26. The topological polar surface area (TPSA) is 91.0 Å². The van der Waals surface area contributed by atoms with E-state index in [1.54, 1.807) is 13.0 Å². The summed E-state index contributed by atoms with van der Waals surface area (Å²) < 4.78 is 0. The Labute approximate surface area is 115 Å². The van der Waals surface area contributed by atoms with Crippen LogP contribution in [-0.4, -0.2) is 12.0 Å². The maximum Gasteiger partial charge on any atom is 0.326 e. The van der Waals surface area contributed by atoms with E-state index in [1.807, 2.05) is 0 Å². The second-order valence-corrected chi connectivity index (χ2v) is 3.92. The van der Waals surface area contributed by atoms with Gasteiger partial charge in [0.2, 0.25) is 0 Å². The van der Waals surface area contributed by atoms with Crippen LogP contribution in [0, 0.1) is 12.3 Å². The minimum absolute atomic E-state index is 0. The summed E-state index contributed by atoms with van der Waals surface area (Å²) in [5.41, 5.74) is 6.16. The predicted octanol–water partition coefficient (Wildman–Crippen LogP) is 2.74. The molecular weight excluding hydrogens is 286 g/mol. The summed E-state index contributed by atoms with van der Waals surface area (Å²) in [5, 5.41) is 12.2. The highest BCUT2D eigenvalue weighted by Gasteiger charge is 2.09. The number of aryl methyl sites for hydroxylation is 1. The molecular formula is C9H11Cl3N4O. The Morgan fingerprint density at radius 2 is 2.00 bits per heavy atom. The molecule has 0 bridgehead atoms. The summed E-state index contributed by atoms with van der Waals surface area (Å²) in [5.74, 6) is -0.444. The van der Waals surface area contributed by atoms with Gasteiger partial charge in [0.1, 0.15) is 0 Å². The number of hydrogen-bond donors (Lipinski definition) is 4. The number of halogens is 3. The Hall–Kier alpha value is -1.17. The van der Waals surface area contributed by atoms with E-state index in [0.29, 0.717) is 15.7 Å². The number of amides is 2. The minimum atomic E-state index is -0.625. The molecule has 17 heavy (non-hydrogen) atoms. The van der Waals surface area contributed by atoms with Crippen LogP contribution >= 0.6 is 35.6 Å². The van der Waals surface area contributed by atoms with E-state index in [9.17, 15) is 4.79 Å². The van der Waals surface area contributed by atoms with Gasteiger partial charge in [-0.3, -0.25) is 10.7 Å². The first-order valence-electron chi connectivity index (χ1n) is 4.28. The van der Waals surface area contributed by atoms with Gasteiger partial charge < -0.3 is 11.1 Å². The van der Waals surface area contributed by atoms with Crippen LogP contribution in [0.2, 0.25) is 10.0 Å². The van der Waals surface area contributed by atoms with E-state index < -0.39 is 12.0 Å². The van der Waals surface area contributed by atoms with Gasteiger partial charge in [0.25, 0.3) is 0 Å². The van der Waals surface area contributed by atoms with Crippen molar-refractivity contribution in [1.82, 2.24) is 5.32 Å². The largest absolute Gasteiger partial charge is 0.370 e. The molecule has 0 aliphatic carbocycles. The first-order chi connectivity index (χ1) is 7.40. The van der Waals surface area contributed by atoms with Gasteiger partial charge in [-0.25, -0.2) is 4.79 Å². The SMILES string of the molecule is Cc1cc(Cl)cc(Cl)c1NC(=O)NC(=N)N.Cl. The lowest BCUT2D eigenvalue weighted by molar-refractivity contribution is 0.256. The number of nitrogens with two attached hydrogens (primary N) is 1. The molecule has 1 rings (SSSR count). The molecule has 0 saturated heterocycles. The number of carbonyl (C=O) groups is 1. The second kappa shape index (κ2) is 6.54. The summed E-state index contributed by atoms with van der Waals surface area (Å²) in [4.78, 5) is 11.3. The van der Waals surface area contributed by atoms with Crippen molar-refractivity contribution in [2.24, 2.45) is 5.73 Å². The predicted molar refractivity (Wildman–Crippen MR) is 72.5 cm³/mol. The van der Waals surface area contributed by atoms with Gasteiger partial charge in [0.15, 0.2) is 5.96 Å². The van der Waals surface area contributed by atoms with Gasteiger partial charge >= 0.3 is 6.03 Å². The van der Waals surface area contributed by atoms with Gasteiger partial charge in [0.05, 0.1) is 10.7 Å². The highest BCUT2D eigenvalue weighted by molar-refractivity contribution is 6.37. The zero-order valence-corrected chi connectivity index (χ0v) is 11.1. The third-order valence-electron chi connectivity index (χ3n) is 1.74. The maximum absolute atomic E-state index is 11.3. The smallest absolute Gasteiger partial charge is 0.326 e. The van der Waals surface area contributed by atoms with Crippen molar-refractivity contribution < 1.29 is 4.79 Å². The summed E-state index contributed by atoms with van der Waals surface area (Å²) in [6, 6.07) is 2.55. The monoisotopic (exact) mass is 296 g/mol. The number of rotatable bonds is 1. The van der Waals surface area contributed by atoms with E-state index in [1.165, 1.54) is 6.07 Å².